The highest BCUT2D eigenvalue weighted by molar-refractivity contribution is 7.92. The lowest BCUT2D eigenvalue weighted by Gasteiger charge is -2.34. The van der Waals surface area contributed by atoms with E-state index in [2.05, 4.69) is 5.32 Å². The molecule has 0 bridgehead atoms. The van der Waals surface area contributed by atoms with Gasteiger partial charge in [-0.1, -0.05) is 6.92 Å². The molecule has 0 saturated carbocycles. The minimum Gasteiger partial charge on any atom is -0.348 e. The molecule has 0 atom stereocenters. The van der Waals surface area contributed by atoms with Gasteiger partial charge in [0, 0.05) is 32.2 Å². The van der Waals surface area contributed by atoms with Gasteiger partial charge in [0.1, 0.15) is 5.75 Å². The van der Waals surface area contributed by atoms with E-state index in [-0.39, 0.29) is 16.8 Å². The topological polar surface area (TPSA) is 86.8 Å². The van der Waals surface area contributed by atoms with Crippen molar-refractivity contribution in [2.75, 3.05) is 39.5 Å². The van der Waals surface area contributed by atoms with Gasteiger partial charge in [-0.25, -0.2) is 8.42 Å². The predicted molar refractivity (Wildman–Crippen MR) is 104 cm³/mol. The molecule has 0 unspecified atom stereocenters. The maximum Gasteiger partial charge on any atom is 0.254 e. The first kappa shape index (κ1) is 21.4. The number of nitrogens with one attached hydrogen (secondary N) is 1. The summed E-state index contributed by atoms with van der Waals surface area (Å²) in [6.07, 6.45) is 2.71. The van der Waals surface area contributed by atoms with Crippen LogP contribution in [0, 0.1) is 0 Å². The summed E-state index contributed by atoms with van der Waals surface area (Å²) in [5.41, 5.74) is 0.472. The number of carbonyl (C=O) groups is 2. The number of hydrogen-bond acceptors (Lipinski definition) is 5. The van der Waals surface area contributed by atoms with E-state index in [1.165, 1.54) is 31.1 Å². The lowest BCUT2D eigenvalue weighted by atomic mass is 10.0. The van der Waals surface area contributed by atoms with Gasteiger partial charge in [0.2, 0.25) is 5.91 Å². The molecule has 2 amide bonds. The van der Waals surface area contributed by atoms with Gasteiger partial charge in [0.25, 0.3) is 5.91 Å². The summed E-state index contributed by atoms with van der Waals surface area (Å²) in [6.45, 7) is 4.52. The van der Waals surface area contributed by atoms with Crippen LogP contribution in [0.3, 0.4) is 0 Å². The first-order valence-electron chi connectivity index (χ1n) is 9.31. The van der Waals surface area contributed by atoms with E-state index in [1.807, 2.05) is 11.8 Å². The van der Waals surface area contributed by atoms with Crippen molar-refractivity contribution in [2.45, 2.75) is 37.1 Å². The zero-order valence-electron chi connectivity index (χ0n) is 16.3. The molecule has 7 nitrogen and oxygen atoms in total. The summed E-state index contributed by atoms with van der Waals surface area (Å²) >= 11 is 0. The van der Waals surface area contributed by atoms with Crippen LogP contribution in [-0.4, -0.2) is 75.6 Å². The average molecular weight is 396 g/mol. The maximum absolute atomic E-state index is 13.0. The van der Waals surface area contributed by atoms with Crippen LogP contribution in [0.25, 0.3) is 0 Å². The minimum absolute atomic E-state index is 0.0538. The van der Waals surface area contributed by atoms with Crippen LogP contribution in [0.5, 0.6) is 0 Å². The van der Waals surface area contributed by atoms with Crippen molar-refractivity contribution in [1.29, 1.82) is 0 Å². The van der Waals surface area contributed by atoms with Crippen LogP contribution in [0.1, 0.15) is 36.5 Å². The molecule has 0 radical (unpaired) electrons. The van der Waals surface area contributed by atoms with Crippen molar-refractivity contribution in [3.05, 3.63) is 29.8 Å². The highest BCUT2D eigenvalue weighted by Gasteiger charge is 2.26. The molecule has 1 aromatic carbocycles. The Labute approximate surface area is 161 Å². The fraction of sp³-hybridized carbons (Fsp3) is 0.579. The smallest absolute Gasteiger partial charge is 0.254 e. The lowest BCUT2D eigenvalue weighted by molar-refractivity contribution is -0.125. The molecule has 1 aromatic rings. The Bertz CT molecular complexity index is 754. The van der Waals surface area contributed by atoms with Crippen LogP contribution >= 0.6 is 0 Å². The van der Waals surface area contributed by atoms with Crippen molar-refractivity contribution in [3.63, 3.8) is 0 Å². The molecule has 1 heterocycles. The summed E-state index contributed by atoms with van der Waals surface area (Å²) < 4.78 is 24.7. The van der Waals surface area contributed by atoms with Gasteiger partial charge in [0.05, 0.1) is 4.90 Å². The Morgan fingerprint density at radius 1 is 1.11 bits per heavy atom. The van der Waals surface area contributed by atoms with Crippen LogP contribution in [0.2, 0.25) is 0 Å². The van der Waals surface area contributed by atoms with E-state index in [1.54, 1.807) is 12.1 Å². The molecule has 1 aliphatic heterocycles. The molecule has 0 spiro atoms. The Balaban J connectivity index is 2.16. The quantitative estimate of drug-likeness (QED) is 0.748. The molecule has 0 aromatic heterocycles. The molecule has 27 heavy (non-hydrogen) atoms. The molecule has 1 N–H and O–H groups in total. The summed E-state index contributed by atoms with van der Waals surface area (Å²) in [4.78, 5) is 27.9. The predicted octanol–water partition coefficient (Wildman–Crippen LogP) is 1.15. The zero-order valence-corrected chi connectivity index (χ0v) is 17.1. The van der Waals surface area contributed by atoms with Crippen LogP contribution in [0.15, 0.2) is 29.2 Å². The highest BCUT2D eigenvalue weighted by atomic mass is 32.2. The summed E-state index contributed by atoms with van der Waals surface area (Å²) in [5.74, 6) is -1.13. The first-order chi connectivity index (χ1) is 12.8. The Kier molecular flexibility index (Phi) is 7.38. The minimum atomic E-state index is -3.72. The van der Waals surface area contributed by atoms with E-state index < -0.39 is 21.5 Å². The number of benzene rings is 1. The normalized spacial score (nSPS) is 15.4. The van der Waals surface area contributed by atoms with Gasteiger partial charge in [-0.05, 0) is 56.6 Å². The Morgan fingerprint density at radius 2 is 1.70 bits per heavy atom. The van der Waals surface area contributed by atoms with Crippen molar-refractivity contribution in [2.24, 2.45) is 0 Å². The maximum atomic E-state index is 13.0. The molecular weight excluding hydrogens is 366 g/mol. The number of nitrogens with zero attached hydrogens (tertiary/aromatic N) is 2. The van der Waals surface area contributed by atoms with Gasteiger partial charge in [-0.3, -0.25) is 9.59 Å². The third-order valence-corrected chi connectivity index (χ3v) is 6.36. The van der Waals surface area contributed by atoms with E-state index in [0.29, 0.717) is 12.1 Å². The van der Waals surface area contributed by atoms with Crippen molar-refractivity contribution in [3.8, 4) is 0 Å². The average Bonchev–Trinajstić information content (AvgIpc) is 2.66. The number of amides is 2. The van der Waals surface area contributed by atoms with E-state index in [4.69, 9.17) is 0 Å². The monoisotopic (exact) mass is 395 g/mol. The van der Waals surface area contributed by atoms with E-state index in [9.17, 15) is 18.0 Å². The SMILES string of the molecule is CCCN(C(=O)c1ccc(S(=O)(=O)CC(=O)N(C)C)cc1)C1CCNCC1. The molecular formula is C19H29N3O4S. The molecule has 1 aliphatic rings. The standard InChI is InChI=1S/C19H29N3O4S/c1-4-13-22(16-9-11-20-12-10-16)19(24)15-5-7-17(8-6-15)27(25,26)14-18(23)21(2)3/h5-8,16,20H,4,9-14H2,1-3H3. The van der Waals surface area contributed by atoms with Crippen molar-refractivity contribution in [1.82, 2.24) is 15.1 Å². The van der Waals surface area contributed by atoms with Gasteiger partial charge in [-0.15, -0.1) is 0 Å². The number of sulfone groups is 1. The largest absolute Gasteiger partial charge is 0.348 e. The molecule has 8 heteroatoms. The second-order valence-electron chi connectivity index (χ2n) is 7.05. The summed E-state index contributed by atoms with van der Waals surface area (Å²) in [5, 5.41) is 3.30. The number of piperidine rings is 1. The van der Waals surface area contributed by atoms with E-state index >= 15 is 0 Å². The van der Waals surface area contributed by atoms with E-state index in [0.717, 1.165) is 32.4 Å². The fourth-order valence-corrected chi connectivity index (χ4v) is 4.46. The molecule has 2 rings (SSSR count). The lowest BCUT2D eigenvalue weighted by Crippen LogP contribution is -2.46. The van der Waals surface area contributed by atoms with Gasteiger partial charge in [0.15, 0.2) is 9.84 Å². The highest BCUT2D eigenvalue weighted by Crippen LogP contribution is 2.18. The van der Waals surface area contributed by atoms with Gasteiger partial charge in [-0.2, -0.15) is 0 Å². The first-order valence-corrected chi connectivity index (χ1v) is 11.0. The van der Waals surface area contributed by atoms with Crippen molar-refractivity contribution < 1.29 is 18.0 Å². The number of carbonyl (C=O) groups excluding carboxylic acids is 2. The van der Waals surface area contributed by atoms with Gasteiger partial charge < -0.3 is 15.1 Å². The number of rotatable bonds is 7. The number of hydrogen-bond donors (Lipinski definition) is 1. The van der Waals surface area contributed by atoms with Crippen LogP contribution in [0.4, 0.5) is 0 Å². The molecule has 0 aliphatic carbocycles. The third kappa shape index (κ3) is 5.52. The summed E-state index contributed by atoms with van der Waals surface area (Å²) in [6, 6.07) is 6.12. The fourth-order valence-electron chi connectivity index (χ4n) is 3.15. The molecule has 1 saturated heterocycles. The Hall–Kier alpha value is -1.93. The van der Waals surface area contributed by atoms with Crippen molar-refractivity contribution >= 4 is 21.7 Å². The second kappa shape index (κ2) is 9.32. The Morgan fingerprint density at radius 3 is 2.22 bits per heavy atom. The zero-order chi connectivity index (χ0) is 20.0. The van der Waals surface area contributed by atoms with Crippen LogP contribution in [-0.2, 0) is 14.6 Å². The molecule has 1 fully saturated rings. The third-order valence-electron chi connectivity index (χ3n) is 4.75. The second-order valence-corrected chi connectivity index (χ2v) is 9.04. The van der Waals surface area contributed by atoms with Crippen LogP contribution < -0.4 is 5.32 Å². The van der Waals surface area contributed by atoms with Gasteiger partial charge >= 0.3 is 0 Å². The summed E-state index contributed by atoms with van der Waals surface area (Å²) in [7, 11) is -0.689. The molecule has 150 valence electrons.